The van der Waals surface area contributed by atoms with Crippen LogP contribution >= 0.6 is 0 Å². The monoisotopic (exact) mass is 420 g/mol. The Morgan fingerprint density at radius 2 is 1.12 bits per heavy atom. The lowest BCUT2D eigenvalue weighted by Gasteiger charge is -2.11. The Morgan fingerprint density at radius 3 is 1.66 bits per heavy atom. The molecule has 0 aliphatic carbocycles. The highest BCUT2D eigenvalue weighted by atomic mass is 16.5. The molecule has 0 saturated heterocycles. The summed E-state index contributed by atoms with van der Waals surface area (Å²) >= 11 is 0. The third-order valence-electron chi connectivity index (χ3n) is 4.47. The smallest absolute Gasteiger partial charge is 0.308 e. The Hall–Kier alpha value is -4.45. The Kier molecular flexibility index (Phi) is 6.53. The Labute approximate surface area is 186 Å². The van der Waals surface area contributed by atoms with Gasteiger partial charge in [-0.1, -0.05) is 66.7 Å². The summed E-state index contributed by atoms with van der Waals surface area (Å²) < 4.78 is 5.45. The van der Waals surface area contributed by atoms with E-state index in [2.05, 4.69) is 20.5 Å². The lowest BCUT2D eigenvalue weighted by Crippen LogP contribution is -2.01. The molecule has 4 aromatic rings. The second-order valence-corrected chi connectivity index (χ2v) is 6.87. The number of rotatable bonds is 6. The summed E-state index contributed by atoms with van der Waals surface area (Å²) in [6, 6.07) is 32.0. The van der Waals surface area contributed by atoms with Gasteiger partial charge in [0.05, 0.1) is 17.1 Å². The highest BCUT2D eigenvalue weighted by molar-refractivity contribution is 5.83. The first-order valence-electron chi connectivity index (χ1n) is 10.0. The summed E-state index contributed by atoms with van der Waals surface area (Å²) in [4.78, 5) is 11.7. The Bertz CT molecular complexity index is 1260. The molecule has 4 aromatic carbocycles. The van der Waals surface area contributed by atoms with Crippen LogP contribution in [0.1, 0.15) is 6.92 Å². The number of benzene rings is 4. The van der Waals surface area contributed by atoms with Gasteiger partial charge in [0.1, 0.15) is 5.69 Å². The molecule has 0 fully saturated rings. The molecule has 0 heterocycles. The molecule has 0 bridgehead atoms. The number of azo groups is 2. The molecule has 4 rings (SSSR count). The summed E-state index contributed by atoms with van der Waals surface area (Å²) in [5.74, 6) is -0.145. The van der Waals surface area contributed by atoms with Crippen LogP contribution in [0.4, 0.5) is 22.7 Å². The van der Waals surface area contributed by atoms with E-state index in [-0.39, 0.29) is 0 Å². The largest absolute Gasteiger partial charge is 0.424 e. The molecule has 32 heavy (non-hydrogen) atoms. The van der Waals surface area contributed by atoms with Crippen molar-refractivity contribution in [3.05, 3.63) is 103 Å². The molecule has 0 atom stereocenters. The van der Waals surface area contributed by atoms with Crippen LogP contribution < -0.4 is 4.74 Å². The maximum Gasteiger partial charge on any atom is 0.308 e. The second-order valence-electron chi connectivity index (χ2n) is 6.87. The van der Waals surface area contributed by atoms with Crippen molar-refractivity contribution in [2.75, 3.05) is 0 Å². The van der Waals surface area contributed by atoms with Gasteiger partial charge in [-0.2, -0.15) is 10.2 Å². The average Bonchev–Trinajstić information content (AvgIpc) is 2.83. The minimum atomic E-state index is -0.446. The fourth-order valence-electron chi connectivity index (χ4n) is 3.02. The molecule has 156 valence electrons. The van der Waals surface area contributed by atoms with Gasteiger partial charge in [0, 0.05) is 12.5 Å². The van der Waals surface area contributed by atoms with Crippen molar-refractivity contribution >= 4 is 28.7 Å². The molecule has 0 amide bonds. The van der Waals surface area contributed by atoms with Crippen LogP contribution in [0.3, 0.4) is 0 Å². The van der Waals surface area contributed by atoms with Gasteiger partial charge < -0.3 is 4.74 Å². The third-order valence-corrected chi connectivity index (χ3v) is 4.47. The van der Waals surface area contributed by atoms with E-state index < -0.39 is 5.97 Å². The van der Waals surface area contributed by atoms with Crippen LogP contribution in [0.5, 0.6) is 5.75 Å². The van der Waals surface area contributed by atoms with Gasteiger partial charge in [-0.25, -0.2) is 0 Å². The zero-order valence-corrected chi connectivity index (χ0v) is 17.4. The lowest BCUT2D eigenvalue weighted by molar-refractivity contribution is -0.131. The van der Waals surface area contributed by atoms with Gasteiger partial charge in [-0.05, 0) is 42.0 Å². The molecule has 0 aliphatic rings. The van der Waals surface area contributed by atoms with E-state index in [1.165, 1.54) is 6.92 Å². The average molecular weight is 420 g/mol. The summed E-state index contributed by atoms with van der Waals surface area (Å²) in [5, 5.41) is 17.4. The normalized spacial score (nSPS) is 11.2. The predicted octanol–water partition coefficient (Wildman–Crippen LogP) is 8.11. The molecular formula is C26H20N4O2. The van der Waals surface area contributed by atoms with E-state index >= 15 is 0 Å². The Morgan fingerprint density at radius 1 is 0.625 bits per heavy atom. The highest BCUT2D eigenvalue weighted by Gasteiger charge is 2.14. The number of hydrogen-bond acceptors (Lipinski definition) is 6. The van der Waals surface area contributed by atoms with Gasteiger partial charge in [0.15, 0.2) is 5.75 Å². The number of ether oxygens (including phenoxy) is 1. The maximum atomic E-state index is 11.7. The molecule has 0 aromatic heterocycles. The van der Waals surface area contributed by atoms with Gasteiger partial charge in [-0.15, -0.1) is 10.2 Å². The lowest BCUT2D eigenvalue weighted by atomic mass is 10.0. The molecular weight excluding hydrogens is 400 g/mol. The van der Waals surface area contributed by atoms with E-state index in [1.807, 2.05) is 91.0 Å². The van der Waals surface area contributed by atoms with E-state index in [4.69, 9.17) is 4.74 Å². The van der Waals surface area contributed by atoms with Crippen LogP contribution in [0.2, 0.25) is 0 Å². The molecule has 0 radical (unpaired) electrons. The van der Waals surface area contributed by atoms with Crippen molar-refractivity contribution in [1.29, 1.82) is 0 Å². The van der Waals surface area contributed by atoms with E-state index in [1.54, 1.807) is 12.1 Å². The minimum absolute atomic E-state index is 0.301. The van der Waals surface area contributed by atoms with Crippen LogP contribution in [-0.2, 0) is 4.79 Å². The van der Waals surface area contributed by atoms with Gasteiger partial charge in [0.2, 0.25) is 0 Å². The summed E-state index contributed by atoms with van der Waals surface area (Å²) in [7, 11) is 0. The number of carbonyl (C=O) groups excluding carboxylic acids is 1. The van der Waals surface area contributed by atoms with Gasteiger partial charge in [-0.3, -0.25) is 4.79 Å². The Balaban J connectivity index is 1.83. The number of carbonyl (C=O) groups is 1. The fourth-order valence-corrected chi connectivity index (χ4v) is 3.02. The maximum absolute atomic E-state index is 11.7. The van der Waals surface area contributed by atoms with Crippen molar-refractivity contribution in [1.82, 2.24) is 0 Å². The standard InChI is InChI=1S/C26H20N4O2/c1-19(31)32-26-17-23(20-11-5-2-6-12-20)24(29-27-21-13-7-3-8-14-21)18-25(26)30-28-22-15-9-4-10-16-22/h2-18H,1H3. The van der Waals surface area contributed by atoms with Crippen molar-refractivity contribution < 1.29 is 9.53 Å². The molecule has 0 N–H and O–H groups in total. The van der Waals surface area contributed by atoms with E-state index in [0.29, 0.717) is 22.8 Å². The second kappa shape index (κ2) is 10.0. The van der Waals surface area contributed by atoms with Gasteiger partial charge in [0.25, 0.3) is 0 Å². The molecule has 0 unspecified atom stereocenters. The molecule has 0 aliphatic heterocycles. The predicted molar refractivity (Wildman–Crippen MR) is 124 cm³/mol. The minimum Gasteiger partial charge on any atom is -0.424 e. The zero-order chi connectivity index (χ0) is 22.2. The first kappa shape index (κ1) is 20.8. The SMILES string of the molecule is CC(=O)Oc1cc(-c2ccccc2)c(N=Nc2ccccc2)cc1N=Nc1ccccc1. The fraction of sp³-hybridized carbons (Fsp3) is 0.0385. The first-order valence-corrected chi connectivity index (χ1v) is 10.0. The summed E-state index contributed by atoms with van der Waals surface area (Å²) in [6.07, 6.45) is 0. The van der Waals surface area contributed by atoms with Crippen molar-refractivity contribution in [2.24, 2.45) is 20.5 Å². The summed E-state index contributed by atoms with van der Waals surface area (Å²) in [6.45, 7) is 1.35. The molecule has 0 spiro atoms. The van der Waals surface area contributed by atoms with E-state index in [0.717, 1.165) is 16.8 Å². The number of esters is 1. The van der Waals surface area contributed by atoms with Crippen LogP contribution in [0, 0.1) is 0 Å². The molecule has 6 heteroatoms. The number of nitrogens with zero attached hydrogens (tertiary/aromatic N) is 4. The first-order chi connectivity index (χ1) is 15.7. The topological polar surface area (TPSA) is 75.7 Å². The van der Waals surface area contributed by atoms with Crippen LogP contribution in [0.25, 0.3) is 11.1 Å². The van der Waals surface area contributed by atoms with Crippen LogP contribution in [0.15, 0.2) is 124 Å². The van der Waals surface area contributed by atoms with E-state index in [9.17, 15) is 4.79 Å². The molecule has 6 nitrogen and oxygen atoms in total. The van der Waals surface area contributed by atoms with Gasteiger partial charge >= 0.3 is 5.97 Å². The summed E-state index contributed by atoms with van der Waals surface area (Å²) in [5.41, 5.74) is 4.04. The molecule has 0 saturated carbocycles. The quantitative estimate of drug-likeness (QED) is 0.179. The third kappa shape index (κ3) is 5.37. The van der Waals surface area contributed by atoms with Crippen molar-refractivity contribution in [3.63, 3.8) is 0 Å². The zero-order valence-electron chi connectivity index (χ0n) is 17.4. The van der Waals surface area contributed by atoms with Crippen molar-refractivity contribution in [2.45, 2.75) is 6.92 Å². The number of hydrogen-bond donors (Lipinski definition) is 0. The van der Waals surface area contributed by atoms with Crippen LogP contribution in [-0.4, -0.2) is 5.97 Å². The van der Waals surface area contributed by atoms with Crippen molar-refractivity contribution in [3.8, 4) is 16.9 Å². The highest BCUT2D eigenvalue weighted by Crippen LogP contribution is 2.41.